The first-order valence-electron chi connectivity index (χ1n) is 11.3. The highest BCUT2D eigenvalue weighted by Crippen LogP contribution is 2.29. The molecule has 0 radical (unpaired) electrons. The van der Waals surface area contributed by atoms with E-state index in [1.54, 1.807) is 45.2 Å². The number of hydrogen-bond donors (Lipinski definition) is 1. The minimum atomic E-state index is -3.39. The van der Waals surface area contributed by atoms with Crippen molar-refractivity contribution in [2.75, 3.05) is 13.2 Å². The van der Waals surface area contributed by atoms with Crippen molar-refractivity contribution in [2.24, 2.45) is 0 Å². The second kappa shape index (κ2) is 10.6. The van der Waals surface area contributed by atoms with E-state index in [1.807, 2.05) is 0 Å². The third-order valence-corrected chi connectivity index (χ3v) is 7.72. The molecule has 0 spiro atoms. The van der Waals surface area contributed by atoms with E-state index in [-0.39, 0.29) is 30.2 Å². The van der Waals surface area contributed by atoms with Crippen LogP contribution < -0.4 is 5.32 Å². The predicted octanol–water partition coefficient (Wildman–Crippen LogP) is 4.80. The minimum Gasteiger partial charge on any atom is -0.414 e. The maximum Gasteiger partial charge on any atom is 0.268 e. The average molecular weight is 516 g/mol. The number of rotatable bonds is 9. The lowest BCUT2D eigenvalue weighted by molar-refractivity contribution is 0.466. The number of aryl methyl sites for hydroxylation is 1. The first-order chi connectivity index (χ1) is 17.2. The van der Waals surface area contributed by atoms with Gasteiger partial charge >= 0.3 is 0 Å². The molecule has 0 aliphatic carbocycles. The molecule has 0 fully saturated rings. The van der Waals surface area contributed by atoms with E-state index >= 15 is 0 Å². The van der Waals surface area contributed by atoms with Gasteiger partial charge in [0.25, 0.3) is 11.8 Å². The van der Waals surface area contributed by atoms with Gasteiger partial charge in [-0.1, -0.05) is 18.2 Å². The minimum absolute atomic E-state index is 0. The summed E-state index contributed by atoms with van der Waals surface area (Å²) in [5.74, 6) is -0.484. The second-order valence-corrected chi connectivity index (χ2v) is 10.9. The van der Waals surface area contributed by atoms with Gasteiger partial charge in [0.05, 0.1) is 33.3 Å². The van der Waals surface area contributed by atoms with Crippen LogP contribution >= 0.6 is 0 Å². The van der Waals surface area contributed by atoms with Gasteiger partial charge in [-0.25, -0.2) is 22.2 Å². The molecule has 2 aromatic heterocycles. The highest BCUT2D eigenvalue weighted by Gasteiger charge is 2.20. The van der Waals surface area contributed by atoms with Crippen molar-refractivity contribution in [2.45, 2.75) is 37.5 Å². The molecule has 4 rings (SSSR count). The summed E-state index contributed by atoms with van der Waals surface area (Å²) in [6, 6.07) is 11.0. The van der Waals surface area contributed by atoms with Crippen molar-refractivity contribution in [3.63, 3.8) is 0 Å². The summed E-state index contributed by atoms with van der Waals surface area (Å²) < 4.78 is 57.4. The lowest BCUT2D eigenvalue weighted by atomic mass is 10.1. The van der Waals surface area contributed by atoms with E-state index in [1.165, 1.54) is 24.3 Å². The maximum atomic E-state index is 14.7. The third kappa shape index (κ3) is 5.31. The number of sulfone groups is 1. The smallest absolute Gasteiger partial charge is 0.268 e. The molecule has 0 saturated heterocycles. The lowest BCUT2D eigenvalue weighted by Gasteiger charge is -2.09. The Hall–Kier alpha value is -3.57. The summed E-state index contributed by atoms with van der Waals surface area (Å²) >= 11 is 0. The van der Waals surface area contributed by atoms with Gasteiger partial charge in [0.2, 0.25) is 0 Å². The summed E-state index contributed by atoms with van der Waals surface area (Å²) in [4.78, 5) is 9.18. The van der Waals surface area contributed by atoms with E-state index in [0.717, 1.165) is 0 Å². The van der Waals surface area contributed by atoms with Crippen LogP contribution in [0.2, 0.25) is 0 Å². The molecule has 2 heterocycles. The Morgan fingerprint density at radius 3 is 2.47 bits per heavy atom. The van der Waals surface area contributed by atoms with Gasteiger partial charge in [-0.15, -0.1) is 10.2 Å². The molecule has 190 valence electrons. The van der Waals surface area contributed by atoms with Gasteiger partial charge in [-0.2, -0.15) is 0 Å². The summed E-state index contributed by atoms with van der Waals surface area (Å²) in [6.45, 7) is 5.02. The van der Waals surface area contributed by atoms with Crippen LogP contribution in [0.5, 0.6) is 0 Å². The monoisotopic (exact) mass is 515 g/mol. The fraction of sp³-hybridized carbons (Fsp3) is 0.280. The number of alkyl halides is 1. The highest BCUT2D eigenvalue weighted by molar-refractivity contribution is 7.92. The van der Waals surface area contributed by atoms with Crippen LogP contribution in [-0.4, -0.2) is 47.1 Å². The molecule has 2 aromatic carbocycles. The molecule has 0 bridgehead atoms. The molecular formula is C25H27F2N5O3S. The Morgan fingerprint density at radius 1 is 1.08 bits per heavy atom. The standard InChI is InChI=1S/C25H25F2N5O3S.H2/c1-15(2)36(33,34)19-7-5-18(6-8-19)22-14-29-16(3)23(30-22)25-32-31-24(35-25)20-9-4-17(12-21(20)27)13-28-11-10-26;/h4-9,12,14-15,28H,10-11,13H2,1-3H3;1H. The van der Waals surface area contributed by atoms with Crippen molar-refractivity contribution >= 4 is 9.84 Å². The first kappa shape index (κ1) is 25.5. The van der Waals surface area contributed by atoms with Gasteiger partial charge in [0, 0.05) is 20.1 Å². The van der Waals surface area contributed by atoms with Gasteiger partial charge in [0.1, 0.15) is 18.2 Å². The Morgan fingerprint density at radius 2 is 1.81 bits per heavy atom. The Kier molecular flexibility index (Phi) is 7.51. The molecule has 8 nitrogen and oxygen atoms in total. The van der Waals surface area contributed by atoms with Crippen LogP contribution in [-0.2, 0) is 16.4 Å². The average Bonchev–Trinajstić information content (AvgIpc) is 3.34. The fourth-order valence-corrected chi connectivity index (χ4v) is 4.51. The molecule has 0 aliphatic heterocycles. The van der Waals surface area contributed by atoms with Gasteiger partial charge < -0.3 is 9.73 Å². The quantitative estimate of drug-likeness (QED) is 0.317. The van der Waals surface area contributed by atoms with Crippen LogP contribution in [0.25, 0.3) is 34.3 Å². The van der Waals surface area contributed by atoms with Crippen molar-refractivity contribution in [3.8, 4) is 34.3 Å². The lowest BCUT2D eigenvalue weighted by Crippen LogP contribution is -2.16. The molecule has 36 heavy (non-hydrogen) atoms. The molecule has 0 aliphatic rings. The summed E-state index contributed by atoms with van der Waals surface area (Å²) in [5.41, 5.74) is 2.80. The van der Waals surface area contributed by atoms with Gasteiger partial charge in [-0.05, 0) is 50.6 Å². The van der Waals surface area contributed by atoms with E-state index in [9.17, 15) is 17.2 Å². The van der Waals surface area contributed by atoms with Crippen molar-refractivity contribution in [1.29, 1.82) is 0 Å². The Labute approximate surface area is 209 Å². The van der Waals surface area contributed by atoms with Crippen LogP contribution in [0.1, 0.15) is 26.5 Å². The topological polar surface area (TPSA) is 111 Å². The molecule has 0 amide bonds. The molecule has 1 N–H and O–H groups in total. The number of aromatic nitrogens is 4. The van der Waals surface area contributed by atoms with Crippen molar-refractivity contribution in [1.82, 2.24) is 25.5 Å². The zero-order chi connectivity index (χ0) is 25.9. The van der Waals surface area contributed by atoms with Crippen LogP contribution in [0.3, 0.4) is 0 Å². The fourth-order valence-electron chi connectivity index (χ4n) is 3.45. The molecule has 0 saturated carbocycles. The Balaban J connectivity index is 0.00000380. The van der Waals surface area contributed by atoms with Crippen LogP contribution in [0, 0.1) is 12.7 Å². The molecule has 11 heteroatoms. The van der Waals surface area contributed by atoms with Crippen molar-refractivity contribution < 1.29 is 23.0 Å². The van der Waals surface area contributed by atoms with E-state index in [4.69, 9.17) is 4.42 Å². The largest absolute Gasteiger partial charge is 0.414 e. The summed E-state index contributed by atoms with van der Waals surface area (Å²) in [5, 5.41) is 10.3. The maximum absolute atomic E-state index is 14.7. The van der Waals surface area contributed by atoms with Gasteiger partial charge in [-0.3, -0.25) is 4.98 Å². The highest BCUT2D eigenvalue weighted by atomic mass is 32.2. The number of benzene rings is 2. The van der Waals surface area contributed by atoms with E-state index in [0.29, 0.717) is 34.8 Å². The van der Waals surface area contributed by atoms with Crippen LogP contribution in [0.15, 0.2) is 58.0 Å². The molecular weight excluding hydrogens is 488 g/mol. The molecule has 4 aromatic rings. The number of nitrogens with one attached hydrogen (secondary N) is 1. The van der Waals surface area contributed by atoms with Crippen LogP contribution in [0.4, 0.5) is 8.78 Å². The van der Waals surface area contributed by atoms with Crippen molar-refractivity contribution in [3.05, 3.63) is 65.7 Å². The van der Waals surface area contributed by atoms with Gasteiger partial charge in [0.15, 0.2) is 9.84 Å². The Bertz CT molecular complexity index is 1480. The SMILES string of the molecule is Cc1ncc(-c2ccc(S(=O)(=O)C(C)C)cc2)nc1-c1nnc(-c2ccc(CNCCF)cc2F)o1.[HH]. The number of nitrogens with zero attached hydrogens (tertiary/aromatic N) is 4. The first-order valence-corrected chi connectivity index (χ1v) is 12.8. The zero-order valence-electron chi connectivity index (χ0n) is 20.0. The predicted molar refractivity (Wildman–Crippen MR) is 133 cm³/mol. The normalized spacial score (nSPS) is 11.8. The number of halogens is 2. The van der Waals surface area contributed by atoms with E-state index in [2.05, 4.69) is 25.5 Å². The summed E-state index contributed by atoms with van der Waals surface area (Å²) in [7, 11) is -3.39. The summed E-state index contributed by atoms with van der Waals surface area (Å²) in [6.07, 6.45) is 1.57. The van der Waals surface area contributed by atoms with E-state index < -0.39 is 27.6 Å². The molecule has 0 unspecified atom stereocenters. The number of hydrogen-bond acceptors (Lipinski definition) is 8. The third-order valence-electron chi connectivity index (χ3n) is 5.55. The second-order valence-electron chi connectivity index (χ2n) is 8.40. The molecule has 0 atom stereocenters. The zero-order valence-corrected chi connectivity index (χ0v) is 20.8.